The zero-order valence-corrected chi connectivity index (χ0v) is 14.0. The average molecular weight is 308 g/mol. The molecule has 0 atom stereocenters. The molecule has 4 aliphatic carbocycles. The molecule has 0 aliphatic heterocycles. The molecule has 4 saturated carbocycles. The number of nitrogens with one attached hydrogen (secondary N) is 2. The molecule has 2 N–H and O–H groups in total. The van der Waals surface area contributed by atoms with E-state index in [0.717, 1.165) is 50.2 Å². The van der Waals surface area contributed by atoms with Gasteiger partial charge in [0.1, 0.15) is 0 Å². The van der Waals surface area contributed by atoms with Crippen LogP contribution in [0, 0.1) is 17.8 Å². The molecule has 0 saturated heterocycles. The minimum absolute atomic E-state index is 0.0387. The topological polar surface area (TPSA) is 50.4 Å². The lowest BCUT2D eigenvalue weighted by Crippen LogP contribution is -2.52. The van der Waals surface area contributed by atoms with Gasteiger partial charge < -0.3 is 15.4 Å². The number of hydrogen-bond acceptors (Lipinski definition) is 2. The summed E-state index contributed by atoms with van der Waals surface area (Å²) < 4.78 is 6.35. The highest BCUT2D eigenvalue weighted by Crippen LogP contribution is 2.57. The fraction of sp³-hybridized carbons (Fsp3) is 0.944. The molecular weight excluding hydrogens is 276 g/mol. The van der Waals surface area contributed by atoms with E-state index in [2.05, 4.69) is 17.6 Å². The van der Waals surface area contributed by atoms with Gasteiger partial charge in [-0.1, -0.05) is 13.3 Å². The van der Waals surface area contributed by atoms with Gasteiger partial charge in [-0.2, -0.15) is 0 Å². The minimum atomic E-state index is -0.0387. The summed E-state index contributed by atoms with van der Waals surface area (Å²) in [7, 11) is 0. The predicted octanol–water partition coefficient (Wildman–Crippen LogP) is 3.46. The molecule has 0 aromatic carbocycles. The number of unbranched alkanes of at least 4 members (excludes halogenated alkanes) is 1. The Morgan fingerprint density at radius 3 is 2.09 bits per heavy atom. The van der Waals surface area contributed by atoms with Gasteiger partial charge >= 0.3 is 6.03 Å². The molecular formula is C18H32N2O2. The van der Waals surface area contributed by atoms with E-state index in [1.165, 1.54) is 38.5 Å². The molecule has 4 fully saturated rings. The largest absolute Gasteiger partial charge is 0.375 e. The van der Waals surface area contributed by atoms with Gasteiger partial charge in [0.05, 0.1) is 5.60 Å². The lowest BCUT2D eigenvalue weighted by atomic mass is 9.54. The van der Waals surface area contributed by atoms with Crippen LogP contribution in [-0.2, 0) is 4.74 Å². The van der Waals surface area contributed by atoms with Crippen LogP contribution in [0.5, 0.6) is 0 Å². The van der Waals surface area contributed by atoms with E-state index in [9.17, 15) is 4.79 Å². The Morgan fingerprint density at radius 2 is 1.55 bits per heavy atom. The molecule has 22 heavy (non-hydrogen) atoms. The molecule has 0 aromatic heterocycles. The second-order valence-electron chi connectivity index (χ2n) is 7.84. The molecule has 2 amide bonds. The predicted molar refractivity (Wildman–Crippen MR) is 87.8 cm³/mol. The first kappa shape index (κ1) is 16.1. The zero-order valence-electron chi connectivity index (χ0n) is 14.0. The molecule has 0 radical (unpaired) electrons. The van der Waals surface area contributed by atoms with Crippen LogP contribution in [0.3, 0.4) is 0 Å². The Bertz CT molecular complexity index is 348. The first-order valence-corrected chi connectivity index (χ1v) is 9.35. The summed E-state index contributed by atoms with van der Waals surface area (Å²) in [5.74, 6) is 2.82. The minimum Gasteiger partial charge on any atom is -0.375 e. The second-order valence-corrected chi connectivity index (χ2v) is 7.84. The second kappa shape index (κ2) is 7.20. The summed E-state index contributed by atoms with van der Waals surface area (Å²) >= 11 is 0. The van der Waals surface area contributed by atoms with Gasteiger partial charge in [0.15, 0.2) is 0 Å². The summed E-state index contributed by atoms with van der Waals surface area (Å²) in [6, 6.07) is -0.0387. The van der Waals surface area contributed by atoms with E-state index < -0.39 is 0 Å². The highest BCUT2D eigenvalue weighted by Gasteiger charge is 2.51. The van der Waals surface area contributed by atoms with Gasteiger partial charge in [-0.3, -0.25) is 0 Å². The van der Waals surface area contributed by atoms with Crippen molar-refractivity contribution < 1.29 is 9.53 Å². The van der Waals surface area contributed by atoms with Crippen LogP contribution in [-0.4, -0.2) is 31.3 Å². The first-order valence-electron chi connectivity index (χ1n) is 9.35. The van der Waals surface area contributed by atoms with Gasteiger partial charge in [0, 0.05) is 19.7 Å². The maximum absolute atomic E-state index is 11.5. The normalized spacial score (nSPS) is 35.6. The van der Waals surface area contributed by atoms with Crippen molar-refractivity contribution in [3.8, 4) is 0 Å². The van der Waals surface area contributed by atoms with Gasteiger partial charge in [-0.25, -0.2) is 4.79 Å². The van der Waals surface area contributed by atoms with Crippen molar-refractivity contribution in [3.05, 3.63) is 0 Å². The summed E-state index contributed by atoms with van der Waals surface area (Å²) in [4.78, 5) is 11.5. The molecule has 4 rings (SSSR count). The highest BCUT2D eigenvalue weighted by atomic mass is 16.5. The van der Waals surface area contributed by atoms with Crippen molar-refractivity contribution in [1.29, 1.82) is 0 Å². The van der Waals surface area contributed by atoms with E-state index in [0.29, 0.717) is 6.54 Å². The van der Waals surface area contributed by atoms with E-state index in [1.807, 2.05) is 0 Å². The number of carbonyl (C=O) groups is 1. The molecule has 0 unspecified atom stereocenters. The van der Waals surface area contributed by atoms with Crippen LogP contribution in [0.2, 0.25) is 0 Å². The third-order valence-electron chi connectivity index (χ3n) is 5.81. The third-order valence-corrected chi connectivity index (χ3v) is 5.81. The Labute approximate surface area is 134 Å². The van der Waals surface area contributed by atoms with Crippen molar-refractivity contribution in [2.45, 2.75) is 70.3 Å². The highest BCUT2D eigenvalue weighted by molar-refractivity contribution is 5.73. The van der Waals surface area contributed by atoms with Crippen LogP contribution < -0.4 is 10.6 Å². The molecule has 0 spiro atoms. The number of carbonyl (C=O) groups excluding carboxylic acids is 1. The number of amides is 2. The molecule has 0 aromatic rings. The fourth-order valence-corrected chi connectivity index (χ4v) is 5.21. The third kappa shape index (κ3) is 3.95. The Kier molecular flexibility index (Phi) is 5.27. The van der Waals surface area contributed by atoms with Crippen molar-refractivity contribution in [1.82, 2.24) is 10.6 Å². The van der Waals surface area contributed by atoms with E-state index >= 15 is 0 Å². The van der Waals surface area contributed by atoms with E-state index in [-0.39, 0.29) is 11.6 Å². The van der Waals surface area contributed by atoms with Crippen molar-refractivity contribution >= 4 is 6.03 Å². The number of urea groups is 1. The molecule has 4 bridgehead atoms. The number of ether oxygens (including phenoxy) is 1. The Morgan fingerprint density at radius 1 is 1.00 bits per heavy atom. The monoisotopic (exact) mass is 308 g/mol. The van der Waals surface area contributed by atoms with Crippen LogP contribution >= 0.6 is 0 Å². The van der Waals surface area contributed by atoms with Gasteiger partial charge in [-0.15, -0.1) is 0 Å². The zero-order chi connectivity index (χ0) is 15.4. The maximum atomic E-state index is 11.5. The smallest absolute Gasteiger partial charge is 0.314 e. The van der Waals surface area contributed by atoms with Crippen molar-refractivity contribution in [2.75, 3.05) is 19.7 Å². The lowest BCUT2D eigenvalue weighted by molar-refractivity contribution is -0.162. The summed E-state index contributed by atoms with van der Waals surface area (Å²) in [5, 5.41) is 5.80. The SMILES string of the molecule is CCCCNC(=O)NCCCOC12CC3CC(CC(C3)C1)C2. The quantitative estimate of drug-likeness (QED) is 0.675. The summed E-state index contributed by atoms with van der Waals surface area (Å²) in [5.41, 5.74) is 0.206. The van der Waals surface area contributed by atoms with E-state index in [1.54, 1.807) is 0 Å². The van der Waals surface area contributed by atoms with Crippen molar-refractivity contribution in [2.24, 2.45) is 17.8 Å². The average Bonchev–Trinajstić information content (AvgIpc) is 2.45. The Hall–Kier alpha value is -0.770. The van der Waals surface area contributed by atoms with Gasteiger partial charge in [0.2, 0.25) is 0 Å². The van der Waals surface area contributed by atoms with Crippen molar-refractivity contribution in [3.63, 3.8) is 0 Å². The standard InChI is InChI=1S/C18H32N2O2/c1-2-3-5-19-17(21)20-6-4-7-22-18-11-14-8-15(12-18)10-16(9-14)13-18/h14-16H,2-13H2,1H3,(H2,19,20,21). The summed E-state index contributed by atoms with van der Waals surface area (Å²) in [6.45, 7) is 4.40. The van der Waals surface area contributed by atoms with E-state index in [4.69, 9.17) is 4.74 Å². The number of hydrogen-bond donors (Lipinski definition) is 2. The molecule has 0 heterocycles. The molecule has 126 valence electrons. The first-order chi connectivity index (χ1) is 10.7. The van der Waals surface area contributed by atoms with Crippen LogP contribution in [0.1, 0.15) is 64.7 Å². The van der Waals surface area contributed by atoms with Crippen LogP contribution in [0.4, 0.5) is 4.79 Å². The van der Waals surface area contributed by atoms with Crippen LogP contribution in [0.25, 0.3) is 0 Å². The van der Waals surface area contributed by atoms with Gasteiger partial charge in [0.25, 0.3) is 0 Å². The molecule has 4 nitrogen and oxygen atoms in total. The lowest BCUT2D eigenvalue weighted by Gasteiger charge is -2.56. The van der Waals surface area contributed by atoms with Gasteiger partial charge in [-0.05, 0) is 69.1 Å². The summed E-state index contributed by atoms with van der Waals surface area (Å²) in [6.07, 6.45) is 11.3. The maximum Gasteiger partial charge on any atom is 0.314 e. The molecule has 4 aliphatic rings. The fourth-order valence-electron chi connectivity index (χ4n) is 5.21. The Balaban J connectivity index is 1.30. The molecule has 4 heteroatoms. The number of rotatable bonds is 8. The van der Waals surface area contributed by atoms with Crippen LogP contribution in [0.15, 0.2) is 0 Å².